The third kappa shape index (κ3) is 3.91. The third-order valence-corrected chi connectivity index (χ3v) is 5.65. The molecule has 0 atom stereocenters. The second-order valence-corrected chi connectivity index (χ2v) is 7.80. The van der Waals surface area contributed by atoms with Crippen LogP contribution in [0.25, 0.3) is 16.9 Å². The molecule has 4 aromatic rings. The van der Waals surface area contributed by atoms with Crippen molar-refractivity contribution in [1.82, 2.24) is 9.38 Å². The monoisotopic (exact) mass is 471 g/mol. The average molecular weight is 472 g/mol. The highest BCUT2D eigenvalue weighted by atomic mass is 35.5. The molecular formula is C24H20ClF2N3O3. The molecule has 5 rings (SSSR count). The Kier molecular flexibility index (Phi) is 5.68. The highest BCUT2D eigenvalue weighted by Crippen LogP contribution is 2.42. The number of benzene rings is 2. The summed E-state index contributed by atoms with van der Waals surface area (Å²) < 4.78 is 46.2. The number of nitrogens with one attached hydrogen (secondary N) is 1. The number of hydrogen-bond acceptors (Lipinski definition) is 5. The van der Waals surface area contributed by atoms with Crippen LogP contribution in [-0.2, 0) is 0 Å². The molecule has 33 heavy (non-hydrogen) atoms. The Morgan fingerprint density at radius 1 is 1.12 bits per heavy atom. The van der Waals surface area contributed by atoms with Crippen molar-refractivity contribution >= 4 is 28.8 Å². The van der Waals surface area contributed by atoms with Crippen molar-refractivity contribution in [3.05, 3.63) is 65.1 Å². The molecule has 1 aliphatic heterocycles. The number of nitrogens with zero attached hydrogens (tertiary/aromatic N) is 2. The maximum absolute atomic E-state index is 15.1. The quantitative estimate of drug-likeness (QED) is 0.375. The van der Waals surface area contributed by atoms with Crippen LogP contribution in [0.4, 0.5) is 20.3 Å². The van der Waals surface area contributed by atoms with Crippen LogP contribution >= 0.6 is 11.6 Å². The minimum Gasteiger partial charge on any atom is -0.489 e. The van der Waals surface area contributed by atoms with Crippen molar-refractivity contribution in [3.63, 3.8) is 0 Å². The fraction of sp³-hybridized carbons (Fsp3) is 0.208. The predicted octanol–water partition coefficient (Wildman–Crippen LogP) is 5.97. The van der Waals surface area contributed by atoms with Gasteiger partial charge in [0.05, 0.1) is 10.6 Å². The standard InChI is InChI=1S/C24H20ClF2N3O3/c1-14-3-2-4-20-29-23(21-16(27)6-8-18(22(21)25)31-10-9-26)24(30(14)20)28-15-5-7-17-19(13-15)33-12-11-32-17/h2-8,13,28H,9-12H2,1H3. The summed E-state index contributed by atoms with van der Waals surface area (Å²) >= 11 is 6.52. The number of aryl methyl sites for hydroxylation is 1. The topological polar surface area (TPSA) is 57.0 Å². The summed E-state index contributed by atoms with van der Waals surface area (Å²) in [6.45, 7) is 2.01. The van der Waals surface area contributed by atoms with E-state index in [4.69, 9.17) is 25.8 Å². The lowest BCUT2D eigenvalue weighted by Crippen LogP contribution is -2.15. The van der Waals surface area contributed by atoms with Gasteiger partial charge in [-0.1, -0.05) is 17.7 Å². The number of alkyl halides is 1. The van der Waals surface area contributed by atoms with E-state index in [1.807, 2.05) is 47.7 Å². The average Bonchev–Trinajstić information content (AvgIpc) is 3.17. The Morgan fingerprint density at radius 2 is 1.94 bits per heavy atom. The van der Waals surface area contributed by atoms with E-state index in [0.29, 0.717) is 47.6 Å². The van der Waals surface area contributed by atoms with Gasteiger partial charge < -0.3 is 19.5 Å². The molecule has 170 valence electrons. The van der Waals surface area contributed by atoms with Crippen LogP contribution in [0.2, 0.25) is 5.02 Å². The lowest BCUT2D eigenvalue weighted by atomic mass is 10.1. The van der Waals surface area contributed by atoms with E-state index < -0.39 is 12.5 Å². The number of rotatable bonds is 6. The smallest absolute Gasteiger partial charge is 0.163 e. The second kappa shape index (κ2) is 8.78. The summed E-state index contributed by atoms with van der Waals surface area (Å²) in [5.41, 5.74) is 2.55. The Morgan fingerprint density at radius 3 is 2.76 bits per heavy atom. The van der Waals surface area contributed by atoms with Crippen LogP contribution < -0.4 is 19.5 Å². The number of anilines is 2. The maximum atomic E-state index is 15.1. The number of imidazole rings is 1. The molecule has 3 heterocycles. The maximum Gasteiger partial charge on any atom is 0.163 e. The highest BCUT2D eigenvalue weighted by Gasteiger charge is 2.24. The molecule has 9 heteroatoms. The van der Waals surface area contributed by atoms with Gasteiger partial charge in [0.2, 0.25) is 0 Å². The number of hydrogen-bond donors (Lipinski definition) is 1. The Bertz CT molecular complexity index is 1340. The van der Waals surface area contributed by atoms with Gasteiger partial charge in [0.25, 0.3) is 0 Å². The molecule has 0 saturated carbocycles. The SMILES string of the molecule is Cc1cccc2nc(-c3c(F)ccc(OCCF)c3Cl)c(Nc3ccc4c(c3)OCCO4)n12. The lowest BCUT2D eigenvalue weighted by Gasteiger charge is -2.19. The van der Waals surface area contributed by atoms with E-state index >= 15 is 4.39 Å². The van der Waals surface area contributed by atoms with Gasteiger partial charge in [0.15, 0.2) is 11.5 Å². The zero-order chi connectivity index (χ0) is 22.9. The molecule has 1 N–H and O–H groups in total. The van der Waals surface area contributed by atoms with E-state index in [-0.39, 0.29) is 22.9 Å². The molecule has 0 unspecified atom stereocenters. The summed E-state index contributed by atoms with van der Waals surface area (Å²) in [7, 11) is 0. The number of ether oxygens (including phenoxy) is 3. The number of aromatic nitrogens is 2. The fourth-order valence-corrected chi connectivity index (χ4v) is 4.11. The molecule has 0 amide bonds. The zero-order valence-electron chi connectivity index (χ0n) is 17.7. The summed E-state index contributed by atoms with van der Waals surface area (Å²) in [6.07, 6.45) is 0. The first-order valence-corrected chi connectivity index (χ1v) is 10.8. The molecule has 0 radical (unpaired) electrons. The van der Waals surface area contributed by atoms with E-state index in [9.17, 15) is 4.39 Å². The van der Waals surface area contributed by atoms with Gasteiger partial charge >= 0.3 is 0 Å². The molecule has 0 saturated heterocycles. The van der Waals surface area contributed by atoms with E-state index in [0.717, 1.165) is 5.69 Å². The molecule has 0 aliphatic carbocycles. The molecule has 2 aromatic carbocycles. The first kappa shape index (κ1) is 21.3. The van der Waals surface area contributed by atoms with Gasteiger partial charge in [0, 0.05) is 17.4 Å². The van der Waals surface area contributed by atoms with Crippen molar-refractivity contribution in [1.29, 1.82) is 0 Å². The first-order chi connectivity index (χ1) is 16.1. The largest absolute Gasteiger partial charge is 0.489 e. The molecule has 0 spiro atoms. The van der Waals surface area contributed by atoms with Crippen LogP contribution in [-0.4, -0.2) is 35.9 Å². The molecule has 0 fully saturated rings. The normalized spacial score (nSPS) is 12.7. The van der Waals surface area contributed by atoms with Crippen molar-refractivity contribution in [3.8, 4) is 28.5 Å². The van der Waals surface area contributed by atoms with Crippen LogP contribution in [0.15, 0.2) is 48.5 Å². The molecule has 2 aromatic heterocycles. The molecule has 1 aliphatic rings. The highest BCUT2D eigenvalue weighted by molar-refractivity contribution is 6.35. The minimum atomic E-state index is -0.687. The van der Waals surface area contributed by atoms with E-state index in [1.165, 1.54) is 12.1 Å². The number of halogens is 3. The van der Waals surface area contributed by atoms with E-state index in [1.54, 1.807) is 0 Å². The lowest BCUT2D eigenvalue weighted by molar-refractivity contribution is 0.171. The van der Waals surface area contributed by atoms with Gasteiger partial charge in [-0.05, 0) is 43.3 Å². The predicted molar refractivity (Wildman–Crippen MR) is 123 cm³/mol. The van der Waals surface area contributed by atoms with Gasteiger partial charge in [0.1, 0.15) is 55.2 Å². The molecule has 0 bridgehead atoms. The second-order valence-electron chi connectivity index (χ2n) is 7.43. The van der Waals surface area contributed by atoms with Crippen molar-refractivity contribution in [2.24, 2.45) is 0 Å². The fourth-order valence-electron chi connectivity index (χ4n) is 3.81. The first-order valence-electron chi connectivity index (χ1n) is 10.4. The van der Waals surface area contributed by atoms with Crippen molar-refractivity contribution in [2.75, 3.05) is 31.8 Å². The van der Waals surface area contributed by atoms with Crippen LogP contribution in [0, 0.1) is 12.7 Å². The Labute approximate surface area is 193 Å². The van der Waals surface area contributed by atoms with Crippen LogP contribution in [0.5, 0.6) is 17.2 Å². The Balaban J connectivity index is 1.67. The Hall–Kier alpha value is -3.52. The van der Waals surface area contributed by atoms with E-state index in [2.05, 4.69) is 10.3 Å². The summed E-state index contributed by atoms with van der Waals surface area (Å²) in [4.78, 5) is 4.66. The molecular weight excluding hydrogens is 452 g/mol. The minimum absolute atomic E-state index is 0.0229. The summed E-state index contributed by atoms with van der Waals surface area (Å²) in [6, 6.07) is 13.7. The van der Waals surface area contributed by atoms with Gasteiger partial charge in [-0.3, -0.25) is 4.40 Å². The van der Waals surface area contributed by atoms with Crippen molar-refractivity contribution in [2.45, 2.75) is 6.92 Å². The summed E-state index contributed by atoms with van der Waals surface area (Å²) in [5.74, 6) is 1.41. The van der Waals surface area contributed by atoms with Crippen molar-refractivity contribution < 1.29 is 23.0 Å². The van der Waals surface area contributed by atoms with Crippen LogP contribution in [0.3, 0.4) is 0 Å². The molecule has 6 nitrogen and oxygen atoms in total. The third-order valence-electron chi connectivity index (χ3n) is 5.27. The number of fused-ring (bicyclic) bond motifs is 2. The van der Waals surface area contributed by atoms with Gasteiger partial charge in [-0.15, -0.1) is 0 Å². The summed E-state index contributed by atoms with van der Waals surface area (Å²) in [5, 5.41) is 3.36. The van der Waals surface area contributed by atoms with Gasteiger partial charge in [-0.2, -0.15) is 0 Å². The zero-order valence-corrected chi connectivity index (χ0v) is 18.5. The van der Waals surface area contributed by atoms with Crippen LogP contribution in [0.1, 0.15) is 5.69 Å². The van der Waals surface area contributed by atoms with Gasteiger partial charge in [-0.25, -0.2) is 13.8 Å². The number of pyridine rings is 1.